The van der Waals surface area contributed by atoms with Gasteiger partial charge in [-0.25, -0.2) is 4.79 Å². The minimum Gasteiger partial charge on any atom is -0.497 e. The van der Waals surface area contributed by atoms with Crippen LogP contribution >= 0.6 is 11.8 Å². The number of carbonyl (C=O) groups is 1. The Kier molecular flexibility index (Phi) is 5.13. The van der Waals surface area contributed by atoms with Crippen molar-refractivity contribution in [3.63, 3.8) is 0 Å². The first-order valence-electron chi connectivity index (χ1n) is 8.88. The molecule has 148 valence electrons. The summed E-state index contributed by atoms with van der Waals surface area (Å²) in [6.07, 6.45) is 1.85. The second kappa shape index (κ2) is 7.88. The Balaban J connectivity index is 1.51. The molecule has 0 radical (unpaired) electrons. The van der Waals surface area contributed by atoms with Gasteiger partial charge in [-0.15, -0.1) is 0 Å². The molecule has 3 N–H and O–H groups in total. The molecule has 0 saturated carbocycles. The zero-order valence-corrected chi connectivity index (χ0v) is 16.6. The molecule has 0 aliphatic rings. The average molecular weight is 411 g/mol. The molecule has 0 fully saturated rings. The van der Waals surface area contributed by atoms with Gasteiger partial charge in [-0.05, 0) is 65.0 Å². The molecular formula is C20H19N4O4S+. The minimum absolute atomic E-state index is 0.216. The van der Waals surface area contributed by atoms with E-state index in [1.165, 1.54) is 4.68 Å². The molecule has 9 heteroatoms. The highest BCUT2D eigenvalue weighted by Gasteiger charge is 2.29. The van der Waals surface area contributed by atoms with Gasteiger partial charge in [0.05, 0.1) is 12.4 Å². The summed E-state index contributed by atoms with van der Waals surface area (Å²) in [7, 11) is 1.58. The number of hydrogen-bond donors (Lipinski definition) is 3. The van der Waals surface area contributed by atoms with Gasteiger partial charge in [0.25, 0.3) is 0 Å². The Hall–Kier alpha value is -3.46. The van der Waals surface area contributed by atoms with Crippen molar-refractivity contribution in [2.75, 3.05) is 12.4 Å². The Labute approximate surface area is 169 Å². The number of methoxy groups -OCH3 is 1. The number of hydrogen-bond acceptors (Lipinski definition) is 5. The van der Waals surface area contributed by atoms with Gasteiger partial charge < -0.3 is 15.0 Å². The third-order valence-electron chi connectivity index (χ3n) is 4.42. The van der Waals surface area contributed by atoms with Gasteiger partial charge in [0.2, 0.25) is 11.6 Å². The first-order chi connectivity index (χ1) is 14.0. The number of aromatic nitrogens is 3. The molecule has 0 aliphatic carbocycles. The number of amides is 1. The highest BCUT2D eigenvalue weighted by molar-refractivity contribution is 8.00. The van der Waals surface area contributed by atoms with Crippen LogP contribution in [0.1, 0.15) is 6.92 Å². The second-order valence-electron chi connectivity index (χ2n) is 6.35. The Morgan fingerprint density at radius 2 is 2.00 bits per heavy atom. The number of carbonyl (C=O) groups excluding carboxylic acids is 1. The van der Waals surface area contributed by atoms with E-state index in [1.54, 1.807) is 38.3 Å². The van der Waals surface area contributed by atoms with Crippen LogP contribution in [0.4, 0.5) is 5.69 Å². The zero-order chi connectivity index (χ0) is 20.4. The highest BCUT2D eigenvalue weighted by atomic mass is 32.2. The molecule has 0 aliphatic heterocycles. The zero-order valence-electron chi connectivity index (χ0n) is 15.8. The van der Waals surface area contributed by atoms with Gasteiger partial charge >= 0.3 is 10.7 Å². The number of ether oxygens (including phenoxy) is 1. The quantitative estimate of drug-likeness (QED) is 0.334. The number of aromatic amines is 2. The van der Waals surface area contributed by atoms with E-state index in [1.807, 2.05) is 30.5 Å². The molecule has 29 heavy (non-hydrogen) atoms. The maximum Gasteiger partial charge on any atom is 0.442 e. The largest absolute Gasteiger partial charge is 0.497 e. The van der Waals surface area contributed by atoms with Crippen molar-refractivity contribution < 1.29 is 18.7 Å². The van der Waals surface area contributed by atoms with Crippen LogP contribution in [-0.4, -0.2) is 28.5 Å². The van der Waals surface area contributed by atoms with Gasteiger partial charge in [-0.3, -0.25) is 9.32 Å². The van der Waals surface area contributed by atoms with E-state index in [0.717, 1.165) is 22.7 Å². The molecule has 0 bridgehead atoms. The summed E-state index contributed by atoms with van der Waals surface area (Å²) in [6.45, 7) is 1.74. The number of fused-ring (bicyclic) bond motifs is 1. The first kappa shape index (κ1) is 18.9. The van der Waals surface area contributed by atoms with Crippen LogP contribution in [0.5, 0.6) is 5.75 Å². The van der Waals surface area contributed by atoms with E-state index >= 15 is 0 Å². The fraction of sp³-hybridized carbons (Fsp3) is 0.150. The van der Waals surface area contributed by atoms with Crippen LogP contribution in [0.3, 0.4) is 0 Å². The smallest absolute Gasteiger partial charge is 0.442 e. The second-order valence-corrected chi connectivity index (χ2v) is 7.68. The number of benzene rings is 2. The third kappa shape index (κ3) is 3.90. The van der Waals surface area contributed by atoms with Crippen LogP contribution in [0.2, 0.25) is 0 Å². The molecule has 2 heterocycles. The molecule has 4 aromatic rings. The summed E-state index contributed by atoms with van der Waals surface area (Å²) < 4.78 is 11.6. The van der Waals surface area contributed by atoms with Crippen LogP contribution in [0, 0.1) is 0 Å². The fourth-order valence-electron chi connectivity index (χ4n) is 2.86. The number of thioether (sulfide) groups is 1. The Morgan fingerprint density at radius 3 is 2.76 bits per heavy atom. The molecule has 1 amide bonds. The molecule has 2 aromatic carbocycles. The van der Waals surface area contributed by atoms with Crippen LogP contribution in [0.25, 0.3) is 16.6 Å². The summed E-state index contributed by atoms with van der Waals surface area (Å²) in [6, 6.07) is 14.7. The Bertz CT molecular complexity index is 1210. The van der Waals surface area contributed by atoms with Gasteiger partial charge in [-0.2, -0.15) is 0 Å². The monoisotopic (exact) mass is 411 g/mol. The highest BCUT2D eigenvalue weighted by Crippen LogP contribution is 2.22. The number of nitrogens with zero attached hydrogens (tertiary/aromatic N) is 1. The maximum absolute atomic E-state index is 12.6. The first-order valence-corrected chi connectivity index (χ1v) is 9.76. The number of anilines is 1. The molecule has 1 atom stereocenters. The number of nitrogens with one attached hydrogen (secondary N) is 3. The molecule has 0 spiro atoms. The normalized spacial score (nSPS) is 12.1. The third-order valence-corrected chi connectivity index (χ3v) is 5.56. The summed E-state index contributed by atoms with van der Waals surface area (Å²) in [5, 5.41) is 6.21. The van der Waals surface area contributed by atoms with Crippen LogP contribution in [-0.2, 0) is 4.79 Å². The van der Waals surface area contributed by atoms with Gasteiger partial charge in [0, 0.05) is 34.9 Å². The van der Waals surface area contributed by atoms with Crippen molar-refractivity contribution in [1.82, 2.24) is 10.3 Å². The summed E-state index contributed by atoms with van der Waals surface area (Å²) in [5.74, 6) is 0.480. The summed E-state index contributed by atoms with van der Waals surface area (Å²) in [4.78, 5) is 27.9. The lowest BCUT2D eigenvalue weighted by molar-refractivity contribution is -0.704. The standard InChI is InChI=1S/C20H18N4O4S/c1-12(18(25)22-14-3-8-17-13(11-14)9-10-21-17)29-19-20(26)28-23-24(19)15-4-6-16(27-2)7-5-15/h3-12,23,26H,1-2H3/p+1. The number of rotatable bonds is 6. The van der Waals surface area contributed by atoms with Crippen molar-refractivity contribution in [3.8, 4) is 11.4 Å². The summed E-state index contributed by atoms with van der Waals surface area (Å²) in [5.41, 5.74) is 1.83. The average Bonchev–Trinajstić information content (AvgIpc) is 3.34. The van der Waals surface area contributed by atoms with E-state index < -0.39 is 10.9 Å². The number of H-pyrrole nitrogens is 2. The lowest BCUT2D eigenvalue weighted by atomic mass is 10.2. The van der Waals surface area contributed by atoms with E-state index in [4.69, 9.17) is 9.26 Å². The maximum atomic E-state index is 12.6. The van der Waals surface area contributed by atoms with E-state index in [9.17, 15) is 9.59 Å². The Morgan fingerprint density at radius 1 is 1.21 bits per heavy atom. The molecule has 4 rings (SSSR count). The van der Waals surface area contributed by atoms with Crippen molar-refractivity contribution in [1.29, 1.82) is 0 Å². The van der Waals surface area contributed by atoms with Crippen LogP contribution < -0.4 is 20.4 Å². The molecule has 2 aromatic heterocycles. The van der Waals surface area contributed by atoms with Crippen molar-refractivity contribution >= 4 is 34.3 Å². The SMILES string of the molecule is COc1ccc(-[n+]2[nH]oc(=O)c2SC(C)C(=O)Nc2ccc3[nH]ccc3c2)cc1. The van der Waals surface area contributed by atoms with Gasteiger partial charge in [-0.1, -0.05) is 0 Å². The van der Waals surface area contributed by atoms with E-state index in [2.05, 4.69) is 15.6 Å². The predicted molar refractivity (Wildman–Crippen MR) is 110 cm³/mol. The molecule has 0 saturated heterocycles. The lowest BCUT2D eigenvalue weighted by Crippen LogP contribution is -2.37. The van der Waals surface area contributed by atoms with Crippen molar-refractivity contribution in [3.05, 3.63) is 65.1 Å². The molecule has 1 unspecified atom stereocenters. The van der Waals surface area contributed by atoms with E-state index in [-0.39, 0.29) is 10.9 Å². The van der Waals surface area contributed by atoms with Crippen molar-refractivity contribution in [2.45, 2.75) is 17.2 Å². The predicted octanol–water partition coefficient (Wildman–Crippen LogP) is 2.85. The van der Waals surface area contributed by atoms with Gasteiger partial charge in [0.1, 0.15) is 5.75 Å². The van der Waals surface area contributed by atoms with Gasteiger partial charge in [0.15, 0.2) is 0 Å². The van der Waals surface area contributed by atoms with Crippen LogP contribution in [0.15, 0.2) is 69.1 Å². The topological polar surface area (TPSA) is 104 Å². The summed E-state index contributed by atoms with van der Waals surface area (Å²) >= 11 is 1.12. The minimum atomic E-state index is -0.542. The van der Waals surface area contributed by atoms with E-state index in [0.29, 0.717) is 17.1 Å². The fourth-order valence-corrected chi connectivity index (χ4v) is 3.75. The molecular weight excluding hydrogens is 392 g/mol. The lowest BCUT2D eigenvalue weighted by Gasteiger charge is -2.09. The van der Waals surface area contributed by atoms with Crippen molar-refractivity contribution in [2.24, 2.45) is 0 Å². The molecule has 8 nitrogen and oxygen atoms in total.